The zero-order valence-electron chi connectivity index (χ0n) is 25.8. The van der Waals surface area contributed by atoms with Crippen LogP contribution in [0, 0.1) is 5.82 Å². The van der Waals surface area contributed by atoms with Crippen LogP contribution < -0.4 is 38.7 Å². The fourth-order valence-corrected chi connectivity index (χ4v) is 5.22. The molecule has 1 aliphatic carbocycles. The van der Waals surface area contributed by atoms with Crippen molar-refractivity contribution in [2.45, 2.75) is 39.4 Å². The lowest BCUT2D eigenvalue weighted by Crippen LogP contribution is -2.37. The Balaban J connectivity index is 0.000000313. The summed E-state index contributed by atoms with van der Waals surface area (Å²) in [5.41, 5.74) is 17.2. The number of esters is 1. The maximum absolute atomic E-state index is 14.2. The molecule has 9 N–H and O–H groups in total. The van der Waals surface area contributed by atoms with Crippen molar-refractivity contribution in [3.8, 4) is 0 Å². The molecule has 0 bridgehead atoms. The Morgan fingerprint density at radius 2 is 1.82 bits per heavy atom. The number of amides is 2. The third-order valence-electron chi connectivity index (χ3n) is 7.84. The number of nitrogens with two attached hydrogens (primary N) is 3. The van der Waals surface area contributed by atoms with Crippen molar-refractivity contribution in [2.75, 3.05) is 18.2 Å². The van der Waals surface area contributed by atoms with Crippen LogP contribution in [-0.2, 0) is 24.2 Å². The Morgan fingerprint density at radius 1 is 1.08 bits per heavy atom. The Hall–Kier alpha value is -6.49. The van der Waals surface area contributed by atoms with E-state index in [4.69, 9.17) is 17.2 Å². The number of nitrogens with one attached hydrogen (secondary N) is 2. The second-order valence-electron chi connectivity index (χ2n) is 10.9. The van der Waals surface area contributed by atoms with Crippen LogP contribution in [0.3, 0.4) is 0 Å². The number of aryl methyl sites for hydroxylation is 1. The second-order valence-corrected chi connectivity index (χ2v) is 10.9. The summed E-state index contributed by atoms with van der Waals surface area (Å²) in [4.78, 5) is 73.7. The summed E-state index contributed by atoms with van der Waals surface area (Å²) >= 11 is 0. The predicted octanol–water partition coefficient (Wildman–Crippen LogP) is 1.44. The van der Waals surface area contributed by atoms with Gasteiger partial charge in [0, 0.05) is 30.8 Å². The molecule has 2 aromatic heterocycles. The molecule has 1 aliphatic rings. The summed E-state index contributed by atoms with van der Waals surface area (Å²) in [7, 11) is 1.39. The average Bonchev–Trinajstić information content (AvgIpc) is 3.70. The highest BCUT2D eigenvalue weighted by atomic mass is 19.1. The number of methoxy groups -OCH3 is 1. The molecule has 0 unspecified atom stereocenters. The Bertz CT molecular complexity index is 2220. The van der Waals surface area contributed by atoms with Crippen molar-refractivity contribution >= 4 is 40.8 Å². The number of carbonyl (C=O) groups is 4. The van der Waals surface area contributed by atoms with Gasteiger partial charge < -0.3 is 37.7 Å². The summed E-state index contributed by atoms with van der Waals surface area (Å²) in [6.45, 7) is -0.231. The van der Waals surface area contributed by atoms with Gasteiger partial charge >= 0.3 is 11.9 Å². The van der Waals surface area contributed by atoms with Crippen LogP contribution in [0.2, 0.25) is 0 Å². The number of aromatic nitrogens is 3. The lowest BCUT2D eigenvalue weighted by molar-refractivity contribution is 0.0599. The van der Waals surface area contributed by atoms with E-state index >= 15 is 0 Å². The first kappa shape index (κ1) is 36.3. The number of nitrogen functional groups attached to an aromatic ring is 1. The van der Waals surface area contributed by atoms with E-state index in [1.54, 1.807) is 6.07 Å². The number of benzene rings is 2. The minimum absolute atomic E-state index is 0. The van der Waals surface area contributed by atoms with Crippen molar-refractivity contribution in [1.82, 2.24) is 19.9 Å². The highest BCUT2D eigenvalue weighted by molar-refractivity contribution is 6.01. The van der Waals surface area contributed by atoms with Gasteiger partial charge in [0.05, 0.1) is 18.9 Å². The van der Waals surface area contributed by atoms with Crippen LogP contribution in [-0.4, -0.2) is 50.6 Å². The smallest absolute Gasteiger partial charge is 0.354 e. The number of carboxylic acid groups (broad SMARTS) is 1. The largest absolute Gasteiger partial charge is 0.477 e. The summed E-state index contributed by atoms with van der Waals surface area (Å²) < 4.78 is 19.7. The van der Waals surface area contributed by atoms with Gasteiger partial charge in [-0.2, -0.15) is 5.10 Å². The van der Waals surface area contributed by atoms with Crippen molar-refractivity contribution in [2.24, 2.45) is 11.5 Å². The molecule has 0 saturated carbocycles. The van der Waals surface area contributed by atoms with Crippen LogP contribution in [0.5, 0.6) is 0 Å². The molecule has 0 fully saturated rings. The number of hydrogen-bond acceptors (Lipinski definition) is 12. The lowest BCUT2D eigenvalue weighted by atomic mass is 10.1. The molecule has 50 heavy (non-hydrogen) atoms. The van der Waals surface area contributed by atoms with Crippen molar-refractivity contribution in [1.29, 1.82) is 0 Å². The normalized spacial score (nSPS) is 13.1. The highest BCUT2D eigenvalue weighted by Gasteiger charge is 2.22. The SMILES string of the molecule is C.COC(=O)c1ccc2c(c1)CC[C@@H]2N.NC(=O)c1cnn2c(C(=O)O)cc(C(=O)NCc3ccc(F)c(CNc4c(N)c(=O)c4=O)c3)nc12. The number of primary amides is 1. The van der Waals surface area contributed by atoms with Crippen molar-refractivity contribution < 1.29 is 33.4 Å². The van der Waals surface area contributed by atoms with E-state index in [2.05, 4.69) is 25.5 Å². The molecule has 0 saturated heterocycles. The second kappa shape index (κ2) is 14.7. The first-order valence-corrected chi connectivity index (χ1v) is 14.6. The quantitative estimate of drug-likeness (QED) is 0.0947. The molecule has 2 amide bonds. The van der Waals surface area contributed by atoms with Gasteiger partial charge in [0.15, 0.2) is 11.3 Å². The minimum atomic E-state index is -1.41. The number of carboxylic acids is 1. The van der Waals surface area contributed by atoms with E-state index in [1.165, 1.54) is 24.8 Å². The molecule has 2 heterocycles. The van der Waals surface area contributed by atoms with Gasteiger partial charge in [0.2, 0.25) is 0 Å². The van der Waals surface area contributed by atoms with Gasteiger partial charge in [0.1, 0.15) is 28.4 Å². The van der Waals surface area contributed by atoms with E-state index in [-0.39, 0.29) is 66.4 Å². The fourth-order valence-electron chi connectivity index (χ4n) is 5.22. The maximum Gasteiger partial charge on any atom is 0.354 e. The zero-order valence-corrected chi connectivity index (χ0v) is 25.8. The summed E-state index contributed by atoms with van der Waals surface area (Å²) in [6.07, 6.45) is 2.98. The summed E-state index contributed by atoms with van der Waals surface area (Å²) in [6, 6.07) is 10.7. The number of rotatable bonds is 9. The maximum atomic E-state index is 14.2. The van der Waals surface area contributed by atoms with E-state index in [0.29, 0.717) is 11.1 Å². The molecule has 0 aliphatic heterocycles. The predicted molar refractivity (Wildman–Crippen MR) is 179 cm³/mol. The molecule has 0 radical (unpaired) electrons. The first-order valence-electron chi connectivity index (χ1n) is 14.6. The van der Waals surface area contributed by atoms with E-state index < -0.39 is 40.2 Å². The van der Waals surface area contributed by atoms with Gasteiger partial charge in [0.25, 0.3) is 22.7 Å². The Labute approximate surface area is 282 Å². The monoisotopic (exact) mass is 688 g/mol. The highest BCUT2D eigenvalue weighted by Crippen LogP contribution is 2.29. The number of carbonyl (C=O) groups excluding carboxylic acids is 3. The molecule has 5 aromatic rings. The number of ether oxygens (including phenoxy) is 1. The zero-order chi connectivity index (χ0) is 35.6. The molecule has 6 rings (SSSR count). The number of anilines is 2. The van der Waals surface area contributed by atoms with Crippen LogP contribution in [0.1, 0.15) is 83.8 Å². The van der Waals surface area contributed by atoms with Crippen LogP contribution in [0.25, 0.3) is 5.65 Å². The van der Waals surface area contributed by atoms with Gasteiger partial charge in [-0.05, 0) is 53.8 Å². The number of fused-ring (bicyclic) bond motifs is 2. The van der Waals surface area contributed by atoms with Crippen LogP contribution in [0.4, 0.5) is 15.8 Å². The van der Waals surface area contributed by atoms with Crippen molar-refractivity contribution in [3.63, 3.8) is 0 Å². The molecule has 260 valence electrons. The minimum Gasteiger partial charge on any atom is -0.477 e. The number of aromatic carboxylic acids is 1. The third-order valence-corrected chi connectivity index (χ3v) is 7.84. The van der Waals surface area contributed by atoms with Crippen LogP contribution in [0.15, 0.2) is 58.3 Å². The standard InChI is InChI=1S/C21H16FN7O6.C11H13NO2.CH4/c22-11-2-1-8(3-9(11)6-25-15-14(23)16(30)17(15)31)5-26-20(33)12-4-13(21(34)35)29-19(28-12)10(7-27-29)18(24)32;1-14-11(13)8-2-4-9-7(6-8)3-5-10(9)12;/h1-4,7,25H,5-6,23H2,(H2,24,32)(H,26,33)(H,34,35);2,4,6,10H,3,5,12H2,1H3;1H4/t;10-;/m.0./s1. The van der Waals surface area contributed by atoms with E-state index in [9.17, 15) is 38.3 Å². The van der Waals surface area contributed by atoms with Crippen LogP contribution >= 0.6 is 0 Å². The molecule has 16 nitrogen and oxygen atoms in total. The lowest BCUT2D eigenvalue weighted by Gasteiger charge is -2.12. The van der Waals surface area contributed by atoms with Gasteiger partial charge in [-0.25, -0.2) is 23.5 Å². The topological polar surface area (TPSA) is 264 Å². The molecule has 17 heteroatoms. The Morgan fingerprint density at radius 3 is 2.48 bits per heavy atom. The third kappa shape index (κ3) is 7.16. The number of nitrogens with zero attached hydrogens (tertiary/aromatic N) is 3. The summed E-state index contributed by atoms with van der Waals surface area (Å²) in [5.74, 6) is -3.97. The van der Waals surface area contributed by atoms with Gasteiger partial charge in [-0.15, -0.1) is 0 Å². The van der Waals surface area contributed by atoms with Gasteiger partial charge in [-0.1, -0.05) is 19.6 Å². The van der Waals surface area contributed by atoms with Crippen molar-refractivity contribution in [3.05, 3.63) is 120 Å². The molecular weight excluding hydrogens is 655 g/mol. The number of hydrogen-bond donors (Lipinski definition) is 6. The Kier molecular flexibility index (Phi) is 10.7. The number of halogens is 1. The summed E-state index contributed by atoms with van der Waals surface area (Å²) in [5, 5.41) is 18.4. The van der Waals surface area contributed by atoms with Gasteiger partial charge in [-0.3, -0.25) is 19.2 Å². The first-order chi connectivity index (χ1) is 23.3. The molecule has 3 aromatic carbocycles. The van der Waals surface area contributed by atoms with E-state index in [0.717, 1.165) is 41.3 Å². The fraction of sp³-hybridized carbons (Fsp3) is 0.212. The molecular formula is C33H33FN8O8. The molecule has 0 spiro atoms. The average molecular weight is 689 g/mol. The molecule has 1 atom stereocenters. The van der Waals surface area contributed by atoms with E-state index in [1.807, 2.05) is 12.1 Å².